The van der Waals surface area contributed by atoms with Crippen molar-refractivity contribution in [2.75, 3.05) is 12.4 Å². The SMILES string of the molecule is COc1ccc(Cl)cc1Nc1cc(Cl)nc(CC2CC2)n1. The molecule has 3 rings (SSSR count). The first-order valence-electron chi connectivity index (χ1n) is 6.78. The number of methoxy groups -OCH3 is 1. The molecule has 1 N–H and O–H groups in total. The van der Waals surface area contributed by atoms with Gasteiger partial charge in [-0.1, -0.05) is 23.2 Å². The highest BCUT2D eigenvalue weighted by Gasteiger charge is 2.23. The van der Waals surface area contributed by atoms with Gasteiger partial charge in [0.1, 0.15) is 22.5 Å². The van der Waals surface area contributed by atoms with Crippen LogP contribution in [-0.4, -0.2) is 17.1 Å². The Morgan fingerprint density at radius 3 is 2.76 bits per heavy atom. The summed E-state index contributed by atoms with van der Waals surface area (Å²) < 4.78 is 5.31. The number of hydrogen-bond acceptors (Lipinski definition) is 4. The van der Waals surface area contributed by atoms with Crippen LogP contribution in [0.5, 0.6) is 5.75 Å². The smallest absolute Gasteiger partial charge is 0.142 e. The molecule has 0 radical (unpaired) electrons. The molecule has 0 aliphatic heterocycles. The van der Waals surface area contributed by atoms with Gasteiger partial charge in [0.2, 0.25) is 0 Å². The van der Waals surface area contributed by atoms with Gasteiger partial charge in [0.15, 0.2) is 0 Å². The van der Waals surface area contributed by atoms with E-state index in [-0.39, 0.29) is 0 Å². The van der Waals surface area contributed by atoms with E-state index in [0.717, 1.165) is 17.9 Å². The Morgan fingerprint density at radius 1 is 1.24 bits per heavy atom. The Hall–Kier alpha value is -1.52. The van der Waals surface area contributed by atoms with E-state index in [1.54, 1.807) is 31.4 Å². The molecule has 21 heavy (non-hydrogen) atoms. The monoisotopic (exact) mass is 323 g/mol. The van der Waals surface area contributed by atoms with Crippen molar-refractivity contribution in [2.24, 2.45) is 5.92 Å². The summed E-state index contributed by atoms with van der Waals surface area (Å²) >= 11 is 12.1. The second kappa shape index (κ2) is 6.08. The number of hydrogen-bond donors (Lipinski definition) is 1. The zero-order chi connectivity index (χ0) is 14.8. The lowest BCUT2D eigenvalue weighted by molar-refractivity contribution is 0.417. The first-order valence-corrected chi connectivity index (χ1v) is 7.53. The van der Waals surface area contributed by atoms with E-state index in [4.69, 9.17) is 27.9 Å². The number of benzene rings is 1. The van der Waals surface area contributed by atoms with Gasteiger partial charge in [-0.15, -0.1) is 0 Å². The molecular weight excluding hydrogens is 309 g/mol. The Morgan fingerprint density at radius 2 is 2.05 bits per heavy atom. The lowest BCUT2D eigenvalue weighted by atomic mass is 10.2. The molecule has 0 atom stereocenters. The number of anilines is 2. The van der Waals surface area contributed by atoms with E-state index in [1.807, 2.05) is 0 Å². The van der Waals surface area contributed by atoms with Crippen molar-refractivity contribution in [1.29, 1.82) is 0 Å². The molecular formula is C15H15Cl2N3O. The van der Waals surface area contributed by atoms with E-state index >= 15 is 0 Å². The third-order valence-corrected chi connectivity index (χ3v) is 3.76. The number of rotatable bonds is 5. The van der Waals surface area contributed by atoms with Crippen LogP contribution in [-0.2, 0) is 6.42 Å². The molecule has 1 heterocycles. The molecule has 0 saturated heterocycles. The standard InChI is InChI=1S/C15H15Cl2N3O/c1-21-12-5-4-10(16)7-11(12)18-15-8-13(17)19-14(20-15)6-9-2-3-9/h4-5,7-9H,2-3,6H2,1H3,(H,18,19,20). The highest BCUT2D eigenvalue weighted by Crippen LogP contribution is 2.33. The third-order valence-electron chi connectivity index (χ3n) is 3.33. The zero-order valence-corrected chi connectivity index (χ0v) is 13.1. The third kappa shape index (κ3) is 3.77. The molecule has 2 aromatic rings. The number of nitrogens with one attached hydrogen (secondary N) is 1. The van der Waals surface area contributed by atoms with Gasteiger partial charge in [0.25, 0.3) is 0 Å². The van der Waals surface area contributed by atoms with Crippen LogP contribution in [0.2, 0.25) is 10.2 Å². The van der Waals surface area contributed by atoms with Crippen molar-refractivity contribution < 1.29 is 4.74 Å². The van der Waals surface area contributed by atoms with Gasteiger partial charge in [-0.05, 0) is 37.0 Å². The summed E-state index contributed by atoms with van der Waals surface area (Å²) in [5, 5.41) is 4.25. The average molecular weight is 324 g/mol. The fraction of sp³-hybridized carbons (Fsp3) is 0.333. The lowest BCUT2D eigenvalue weighted by Gasteiger charge is -2.12. The second-order valence-corrected chi connectivity index (χ2v) is 5.93. The number of halogens is 2. The van der Waals surface area contributed by atoms with E-state index in [0.29, 0.717) is 27.7 Å². The molecule has 4 nitrogen and oxygen atoms in total. The summed E-state index contributed by atoms with van der Waals surface area (Å²) in [5.41, 5.74) is 0.747. The second-order valence-electron chi connectivity index (χ2n) is 5.11. The topological polar surface area (TPSA) is 47.0 Å². The maximum Gasteiger partial charge on any atom is 0.142 e. The normalized spacial score (nSPS) is 14.0. The number of nitrogens with zero attached hydrogens (tertiary/aromatic N) is 2. The zero-order valence-electron chi connectivity index (χ0n) is 11.6. The minimum atomic E-state index is 0.434. The van der Waals surface area contributed by atoms with E-state index in [2.05, 4.69) is 15.3 Å². The molecule has 6 heteroatoms. The molecule has 0 amide bonds. The van der Waals surface area contributed by atoms with Crippen LogP contribution in [0.3, 0.4) is 0 Å². The van der Waals surface area contributed by atoms with E-state index in [1.165, 1.54) is 12.8 Å². The predicted octanol–water partition coefficient (Wildman–Crippen LogP) is 4.49. The summed E-state index contributed by atoms with van der Waals surface area (Å²) in [6.07, 6.45) is 3.38. The fourth-order valence-corrected chi connectivity index (χ4v) is 2.49. The van der Waals surface area contributed by atoms with Gasteiger partial charge in [0.05, 0.1) is 12.8 Å². The Balaban J connectivity index is 1.86. The Kier molecular flexibility index (Phi) is 4.17. The van der Waals surface area contributed by atoms with Gasteiger partial charge in [-0.2, -0.15) is 0 Å². The first-order chi connectivity index (χ1) is 10.1. The number of aromatic nitrogens is 2. The molecule has 1 aliphatic rings. The van der Waals surface area contributed by atoms with E-state index < -0.39 is 0 Å². The van der Waals surface area contributed by atoms with Gasteiger partial charge < -0.3 is 10.1 Å². The first kappa shape index (κ1) is 14.4. The largest absolute Gasteiger partial charge is 0.495 e. The summed E-state index contributed by atoms with van der Waals surface area (Å²) in [6, 6.07) is 7.06. The molecule has 0 unspecified atom stereocenters. The van der Waals surface area contributed by atoms with Gasteiger partial charge in [0, 0.05) is 17.5 Å². The highest BCUT2D eigenvalue weighted by atomic mass is 35.5. The molecule has 1 aliphatic carbocycles. The summed E-state index contributed by atoms with van der Waals surface area (Å²) in [4.78, 5) is 8.78. The predicted molar refractivity (Wildman–Crippen MR) is 84.8 cm³/mol. The molecule has 0 bridgehead atoms. The summed E-state index contributed by atoms with van der Waals surface area (Å²) in [5.74, 6) is 2.81. The lowest BCUT2D eigenvalue weighted by Crippen LogP contribution is -2.02. The molecule has 1 aromatic heterocycles. The van der Waals surface area contributed by atoms with Crippen LogP contribution < -0.4 is 10.1 Å². The maximum atomic E-state index is 6.08. The van der Waals surface area contributed by atoms with Crippen LogP contribution in [0.4, 0.5) is 11.5 Å². The fourth-order valence-electron chi connectivity index (χ4n) is 2.12. The quantitative estimate of drug-likeness (QED) is 0.823. The molecule has 1 aromatic carbocycles. The minimum absolute atomic E-state index is 0.434. The Bertz CT molecular complexity index is 659. The summed E-state index contributed by atoms with van der Waals surface area (Å²) in [6.45, 7) is 0. The van der Waals surface area contributed by atoms with Crippen LogP contribution in [0, 0.1) is 5.92 Å². The molecule has 110 valence electrons. The maximum absolute atomic E-state index is 6.08. The van der Waals surface area contributed by atoms with Crippen molar-refractivity contribution in [3.8, 4) is 5.75 Å². The highest BCUT2D eigenvalue weighted by molar-refractivity contribution is 6.31. The van der Waals surface area contributed by atoms with Crippen molar-refractivity contribution in [3.05, 3.63) is 40.3 Å². The Labute approximate surface area is 133 Å². The van der Waals surface area contributed by atoms with Crippen LogP contribution in [0.15, 0.2) is 24.3 Å². The summed E-state index contributed by atoms with van der Waals surface area (Å²) in [7, 11) is 1.61. The molecule has 1 saturated carbocycles. The molecule has 1 fully saturated rings. The van der Waals surface area contributed by atoms with Crippen LogP contribution >= 0.6 is 23.2 Å². The number of ether oxygens (including phenoxy) is 1. The van der Waals surface area contributed by atoms with Gasteiger partial charge in [-0.25, -0.2) is 9.97 Å². The van der Waals surface area contributed by atoms with Crippen LogP contribution in [0.1, 0.15) is 18.7 Å². The van der Waals surface area contributed by atoms with Crippen LogP contribution in [0.25, 0.3) is 0 Å². The molecule has 0 spiro atoms. The van der Waals surface area contributed by atoms with Gasteiger partial charge >= 0.3 is 0 Å². The van der Waals surface area contributed by atoms with Crippen molar-refractivity contribution in [3.63, 3.8) is 0 Å². The van der Waals surface area contributed by atoms with E-state index in [9.17, 15) is 0 Å². The van der Waals surface area contributed by atoms with Crippen molar-refractivity contribution in [1.82, 2.24) is 9.97 Å². The average Bonchev–Trinajstić information content (AvgIpc) is 3.22. The van der Waals surface area contributed by atoms with Gasteiger partial charge in [-0.3, -0.25) is 0 Å². The minimum Gasteiger partial charge on any atom is -0.495 e. The van der Waals surface area contributed by atoms with Crippen molar-refractivity contribution in [2.45, 2.75) is 19.3 Å². The van der Waals surface area contributed by atoms with Crippen molar-refractivity contribution >= 4 is 34.7 Å².